The van der Waals surface area contributed by atoms with Gasteiger partial charge in [-0.3, -0.25) is 0 Å². The molecule has 0 amide bonds. The van der Waals surface area contributed by atoms with Crippen molar-refractivity contribution in [2.24, 2.45) is 0 Å². The van der Waals surface area contributed by atoms with Crippen LogP contribution in [0.1, 0.15) is 15.9 Å². The summed E-state index contributed by atoms with van der Waals surface area (Å²) in [5, 5.41) is 20.6. The Hall–Kier alpha value is -2.58. The first-order valence-electron chi connectivity index (χ1n) is 5.72. The summed E-state index contributed by atoms with van der Waals surface area (Å²) >= 11 is 5.97. The highest BCUT2D eigenvalue weighted by Crippen LogP contribution is 2.24. The van der Waals surface area contributed by atoms with Gasteiger partial charge in [0.05, 0.1) is 23.1 Å². The van der Waals surface area contributed by atoms with Gasteiger partial charge in [0.25, 0.3) is 0 Å². The van der Waals surface area contributed by atoms with Crippen molar-refractivity contribution >= 4 is 29.1 Å². The number of nitrogens with one attached hydrogen (secondary N) is 1. The zero-order valence-corrected chi connectivity index (χ0v) is 11.1. The Kier molecular flexibility index (Phi) is 4.18. The predicted molar refractivity (Wildman–Crippen MR) is 75.2 cm³/mol. The van der Waals surface area contributed by atoms with Crippen molar-refractivity contribution in [3.8, 4) is 6.07 Å². The van der Waals surface area contributed by atoms with Gasteiger partial charge in [0, 0.05) is 11.9 Å². The third-order valence-corrected chi connectivity index (χ3v) is 2.88. The number of aromatic nitrogens is 1. The lowest BCUT2D eigenvalue weighted by molar-refractivity contribution is 0.0696. The van der Waals surface area contributed by atoms with Gasteiger partial charge in [-0.1, -0.05) is 23.7 Å². The highest BCUT2D eigenvalue weighted by molar-refractivity contribution is 6.33. The number of aromatic carboxylic acids is 1. The van der Waals surface area contributed by atoms with Crippen LogP contribution in [0, 0.1) is 11.3 Å². The number of pyridine rings is 1. The summed E-state index contributed by atoms with van der Waals surface area (Å²) in [5.41, 5.74) is 1.70. The molecule has 2 N–H and O–H groups in total. The number of hydrogen-bond donors (Lipinski definition) is 2. The van der Waals surface area contributed by atoms with Crippen LogP contribution in [0.2, 0.25) is 5.02 Å². The molecule has 1 aromatic carbocycles. The molecule has 1 aromatic heterocycles. The summed E-state index contributed by atoms with van der Waals surface area (Å²) < 4.78 is 0. The maximum atomic E-state index is 10.8. The minimum Gasteiger partial charge on any atom is -0.478 e. The summed E-state index contributed by atoms with van der Waals surface area (Å²) in [4.78, 5) is 14.8. The molecule has 0 atom stereocenters. The van der Waals surface area contributed by atoms with Crippen molar-refractivity contribution in [3.05, 3.63) is 52.7 Å². The molecule has 20 heavy (non-hydrogen) atoms. The van der Waals surface area contributed by atoms with Crippen molar-refractivity contribution in [3.63, 3.8) is 0 Å². The van der Waals surface area contributed by atoms with E-state index in [0.29, 0.717) is 12.2 Å². The number of nitriles is 1. The van der Waals surface area contributed by atoms with Crippen molar-refractivity contribution in [1.29, 1.82) is 5.26 Å². The average Bonchev–Trinajstić information content (AvgIpc) is 2.43. The zero-order valence-electron chi connectivity index (χ0n) is 10.3. The molecule has 0 spiro atoms. The Morgan fingerprint density at radius 2 is 2.10 bits per heavy atom. The number of halogens is 1. The molecule has 0 fully saturated rings. The molecule has 6 heteroatoms. The van der Waals surface area contributed by atoms with Crippen LogP contribution in [-0.4, -0.2) is 16.1 Å². The SMILES string of the molecule is N#CCc1ccc(Nc2ncc(C(=O)O)cc2Cl)cc1. The molecule has 0 saturated carbocycles. The lowest BCUT2D eigenvalue weighted by Crippen LogP contribution is -2.00. The second-order valence-electron chi connectivity index (χ2n) is 4.02. The highest BCUT2D eigenvalue weighted by Gasteiger charge is 2.08. The van der Waals surface area contributed by atoms with Crippen LogP contribution in [0.25, 0.3) is 0 Å². The lowest BCUT2D eigenvalue weighted by Gasteiger charge is -2.08. The molecule has 1 heterocycles. The van der Waals surface area contributed by atoms with Crippen LogP contribution in [-0.2, 0) is 6.42 Å². The number of carboxylic acids is 1. The van der Waals surface area contributed by atoms with Crippen LogP contribution in [0.5, 0.6) is 0 Å². The first-order chi connectivity index (χ1) is 9.60. The van der Waals surface area contributed by atoms with E-state index in [-0.39, 0.29) is 10.6 Å². The molecular weight excluding hydrogens is 278 g/mol. The van der Waals surface area contributed by atoms with E-state index >= 15 is 0 Å². The van der Waals surface area contributed by atoms with Crippen molar-refractivity contribution < 1.29 is 9.90 Å². The Morgan fingerprint density at radius 3 is 2.65 bits per heavy atom. The van der Waals surface area contributed by atoms with E-state index in [0.717, 1.165) is 11.3 Å². The fourth-order valence-corrected chi connectivity index (χ4v) is 1.79. The minimum absolute atomic E-state index is 0.0323. The van der Waals surface area contributed by atoms with Gasteiger partial charge in [-0.2, -0.15) is 5.26 Å². The standard InChI is InChI=1S/C14H10ClN3O2/c15-12-7-10(14(19)20)8-17-13(12)18-11-3-1-9(2-4-11)5-6-16/h1-4,7-8H,5H2,(H,17,18)(H,19,20). The van der Waals surface area contributed by atoms with E-state index in [9.17, 15) is 4.79 Å². The van der Waals surface area contributed by atoms with Gasteiger partial charge in [0.2, 0.25) is 0 Å². The maximum absolute atomic E-state index is 10.8. The third kappa shape index (κ3) is 3.25. The Bertz CT molecular complexity index is 678. The van der Waals surface area contributed by atoms with Gasteiger partial charge in [-0.05, 0) is 23.8 Å². The zero-order chi connectivity index (χ0) is 14.5. The third-order valence-electron chi connectivity index (χ3n) is 2.59. The molecule has 0 unspecified atom stereocenters. The summed E-state index contributed by atoms with van der Waals surface area (Å²) in [6.45, 7) is 0. The number of rotatable bonds is 4. The van der Waals surface area contributed by atoms with E-state index in [1.165, 1.54) is 12.3 Å². The molecule has 0 aliphatic rings. The predicted octanol–water partition coefficient (Wildman–Crippen LogP) is 3.24. The molecule has 2 aromatic rings. The van der Waals surface area contributed by atoms with Gasteiger partial charge < -0.3 is 10.4 Å². The smallest absolute Gasteiger partial charge is 0.337 e. The summed E-state index contributed by atoms with van der Waals surface area (Å²) in [7, 11) is 0. The van der Waals surface area contributed by atoms with Crippen LogP contribution < -0.4 is 5.32 Å². The fraction of sp³-hybridized carbons (Fsp3) is 0.0714. The molecular formula is C14H10ClN3O2. The van der Waals surface area contributed by atoms with Crippen LogP contribution in [0.3, 0.4) is 0 Å². The molecule has 0 aliphatic heterocycles. The first-order valence-corrected chi connectivity index (χ1v) is 6.09. The maximum Gasteiger partial charge on any atom is 0.337 e. The van der Waals surface area contributed by atoms with Gasteiger partial charge >= 0.3 is 5.97 Å². The van der Waals surface area contributed by atoms with Gasteiger partial charge in [0.15, 0.2) is 0 Å². The topological polar surface area (TPSA) is 86.0 Å². The van der Waals surface area contributed by atoms with Crippen LogP contribution in [0.15, 0.2) is 36.5 Å². The average molecular weight is 288 g/mol. The molecule has 0 bridgehead atoms. The molecule has 100 valence electrons. The normalized spacial score (nSPS) is 9.80. The second kappa shape index (κ2) is 6.04. The van der Waals surface area contributed by atoms with Crippen molar-refractivity contribution in [2.45, 2.75) is 6.42 Å². The van der Waals surface area contributed by atoms with Gasteiger partial charge in [0.1, 0.15) is 5.82 Å². The number of hydrogen-bond acceptors (Lipinski definition) is 4. The lowest BCUT2D eigenvalue weighted by atomic mass is 10.1. The van der Waals surface area contributed by atoms with Crippen molar-refractivity contribution in [1.82, 2.24) is 4.98 Å². The molecule has 0 aliphatic carbocycles. The summed E-state index contributed by atoms with van der Waals surface area (Å²) in [5.74, 6) is -0.698. The number of carbonyl (C=O) groups is 1. The van der Waals surface area contributed by atoms with E-state index in [1.807, 2.05) is 12.1 Å². The first kappa shape index (κ1) is 13.8. The summed E-state index contributed by atoms with van der Waals surface area (Å²) in [6.07, 6.45) is 1.59. The number of carboxylic acid groups (broad SMARTS) is 1. The molecule has 5 nitrogen and oxygen atoms in total. The van der Waals surface area contributed by atoms with Crippen LogP contribution >= 0.6 is 11.6 Å². The van der Waals surface area contributed by atoms with E-state index in [2.05, 4.69) is 16.4 Å². The molecule has 0 saturated heterocycles. The van der Waals surface area contributed by atoms with Gasteiger partial charge in [-0.25, -0.2) is 9.78 Å². The quantitative estimate of drug-likeness (QED) is 0.901. The van der Waals surface area contributed by atoms with Crippen LogP contribution in [0.4, 0.5) is 11.5 Å². The minimum atomic E-state index is -1.08. The number of anilines is 2. The largest absolute Gasteiger partial charge is 0.478 e. The monoisotopic (exact) mass is 287 g/mol. The fourth-order valence-electron chi connectivity index (χ4n) is 1.58. The number of benzene rings is 1. The van der Waals surface area contributed by atoms with Crippen molar-refractivity contribution in [2.75, 3.05) is 5.32 Å². The Morgan fingerprint density at radius 1 is 1.40 bits per heavy atom. The van der Waals surface area contributed by atoms with E-state index in [1.54, 1.807) is 12.1 Å². The highest BCUT2D eigenvalue weighted by atomic mass is 35.5. The number of nitrogens with zero attached hydrogens (tertiary/aromatic N) is 2. The Labute approximate surface area is 120 Å². The van der Waals surface area contributed by atoms with E-state index in [4.69, 9.17) is 22.0 Å². The molecule has 0 radical (unpaired) electrons. The Balaban J connectivity index is 2.17. The second-order valence-corrected chi connectivity index (χ2v) is 4.42. The molecule has 2 rings (SSSR count). The van der Waals surface area contributed by atoms with E-state index < -0.39 is 5.97 Å². The summed E-state index contributed by atoms with van der Waals surface area (Å²) in [6, 6.07) is 10.7. The van der Waals surface area contributed by atoms with Gasteiger partial charge in [-0.15, -0.1) is 0 Å².